The van der Waals surface area contributed by atoms with Crippen molar-refractivity contribution in [3.63, 3.8) is 0 Å². The van der Waals surface area contributed by atoms with E-state index in [1.807, 2.05) is 43.4 Å². The number of nitrogens with one attached hydrogen (secondary N) is 1. The summed E-state index contributed by atoms with van der Waals surface area (Å²) in [6, 6.07) is 11.9. The highest BCUT2D eigenvalue weighted by molar-refractivity contribution is 6.05. The predicted molar refractivity (Wildman–Crippen MR) is 78.0 cm³/mol. The summed E-state index contributed by atoms with van der Waals surface area (Å²) in [6.45, 7) is 0.503. The van der Waals surface area contributed by atoms with E-state index in [-0.39, 0.29) is 0 Å². The van der Waals surface area contributed by atoms with E-state index in [9.17, 15) is 0 Å². The monoisotopic (exact) mass is 253 g/mol. The lowest BCUT2D eigenvalue weighted by atomic mass is 10.1. The van der Waals surface area contributed by atoms with Crippen LogP contribution in [-0.4, -0.2) is 24.5 Å². The zero-order valence-electron chi connectivity index (χ0n) is 10.7. The third-order valence-corrected chi connectivity index (χ3v) is 3.17. The summed E-state index contributed by atoms with van der Waals surface area (Å²) in [5.74, 6) is 1.41. The third kappa shape index (κ3) is 1.89. The normalized spacial score (nSPS) is 13.7. The topological polar surface area (TPSA) is 66.5 Å². The quantitative estimate of drug-likeness (QED) is 0.858. The molecule has 1 aliphatic heterocycles. The van der Waals surface area contributed by atoms with E-state index < -0.39 is 0 Å². The molecule has 19 heavy (non-hydrogen) atoms. The van der Waals surface area contributed by atoms with Crippen LogP contribution in [0.4, 0.5) is 17.2 Å². The summed E-state index contributed by atoms with van der Waals surface area (Å²) in [5.41, 5.74) is 8.96. The summed E-state index contributed by atoms with van der Waals surface area (Å²) in [7, 11) is 1.86. The maximum Gasteiger partial charge on any atom is 0.149 e. The summed E-state index contributed by atoms with van der Waals surface area (Å²) in [5, 5.41) is 3.10. The highest BCUT2D eigenvalue weighted by atomic mass is 15.2. The Morgan fingerprint density at radius 2 is 1.95 bits per heavy atom. The van der Waals surface area contributed by atoms with Gasteiger partial charge in [0.15, 0.2) is 0 Å². The van der Waals surface area contributed by atoms with Crippen LogP contribution < -0.4 is 16.0 Å². The van der Waals surface area contributed by atoms with Crippen LogP contribution in [0.2, 0.25) is 0 Å². The molecular formula is C14H15N5. The van der Waals surface area contributed by atoms with Crippen molar-refractivity contribution in [1.29, 1.82) is 0 Å². The molecule has 5 heteroatoms. The van der Waals surface area contributed by atoms with E-state index in [1.54, 1.807) is 6.20 Å². The molecule has 0 aliphatic carbocycles. The van der Waals surface area contributed by atoms with Crippen LogP contribution in [0.5, 0.6) is 0 Å². The molecule has 0 fully saturated rings. The lowest BCUT2D eigenvalue weighted by Crippen LogP contribution is -2.29. The molecule has 1 aromatic carbocycles. The predicted octanol–water partition coefficient (Wildman–Crippen LogP) is 1.94. The number of aliphatic imine (C=N–C) groups is 1. The number of anilines is 3. The van der Waals surface area contributed by atoms with E-state index in [4.69, 9.17) is 5.73 Å². The molecule has 5 nitrogen and oxygen atoms in total. The van der Waals surface area contributed by atoms with Crippen LogP contribution >= 0.6 is 0 Å². The SMILES string of the molecule is CNc1ncccc1N1CN=C(N)c2ccccc21. The molecule has 2 aromatic rings. The van der Waals surface area contributed by atoms with Crippen molar-refractivity contribution in [3.05, 3.63) is 48.2 Å². The summed E-state index contributed by atoms with van der Waals surface area (Å²) < 4.78 is 0. The van der Waals surface area contributed by atoms with Crippen LogP contribution in [0.1, 0.15) is 5.56 Å². The maximum absolute atomic E-state index is 5.95. The molecule has 3 N–H and O–H groups in total. The lowest BCUT2D eigenvalue weighted by molar-refractivity contribution is 0.955. The van der Waals surface area contributed by atoms with Gasteiger partial charge in [-0.2, -0.15) is 0 Å². The number of fused-ring (bicyclic) bond motifs is 1. The maximum atomic E-state index is 5.95. The van der Waals surface area contributed by atoms with E-state index in [0.29, 0.717) is 12.5 Å². The van der Waals surface area contributed by atoms with E-state index in [0.717, 1.165) is 22.8 Å². The van der Waals surface area contributed by atoms with Gasteiger partial charge in [0.1, 0.15) is 18.3 Å². The van der Waals surface area contributed by atoms with Crippen LogP contribution in [0.25, 0.3) is 0 Å². The van der Waals surface area contributed by atoms with Gasteiger partial charge in [0.25, 0.3) is 0 Å². The number of nitrogens with zero attached hydrogens (tertiary/aromatic N) is 3. The number of nitrogens with two attached hydrogens (primary N) is 1. The first-order chi connectivity index (χ1) is 9.31. The van der Waals surface area contributed by atoms with Gasteiger partial charge in [0.05, 0.1) is 11.4 Å². The van der Waals surface area contributed by atoms with Gasteiger partial charge in [-0.1, -0.05) is 12.1 Å². The smallest absolute Gasteiger partial charge is 0.149 e. The van der Waals surface area contributed by atoms with Crippen molar-refractivity contribution in [2.45, 2.75) is 0 Å². The van der Waals surface area contributed by atoms with E-state index in [1.165, 1.54) is 0 Å². The fourth-order valence-electron chi connectivity index (χ4n) is 2.25. The highest BCUT2D eigenvalue weighted by Gasteiger charge is 2.21. The molecule has 0 saturated carbocycles. The molecule has 0 atom stereocenters. The second-order valence-corrected chi connectivity index (χ2v) is 4.25. The molecule has 0 saturated heterocycles. The Kier molecular flexibility index (Phi) is 2.79. The molecular weight excluding hydrogens is 238 g/mol. The van der Waals surface area contributed by atoms with Gasteiger partial charge < -0.3 is 16.0 Å². The first-order valence-corrected chi connectivity index (χ1v) is 6.11. The number of rotatable bonds is 2. The van der Waals surface area contributed by atoms with Crippen molar-refractivity contribution in [2.24, 2.45) is 10.7 Å². The Labute approximate surface area is 111 Å². The van der Waals surface area contributed by atoms with Gasteiger partial charge in [-0.05, 0) is 24.3 Å². The minimum Gasteiger partial charge on any atom is -0.383 e. The molecule has 0 bridgehead atoms. The van der Waals surface area contributed by atoms with Gasteiger partial charge in [-0.15, -0.1) is 0 Å². The molecule has 1 aliphatic rings. The second-order valence-electron chi connectivity index (χ2n) is 4.25. The first kappa shape index (κ1) is 11.5. The number of benzene rings is 1. The molecule has 0 radical (unpaired) electrons. The summed E-state index contributed by atoms with van der Waals surface area (Å²) in [4.78, 5) is 10.8. The van der Waals surface area contributed by atoms with Gasteiger partial charge >= 0.3 is 0 Å². The molecule has 3 rings (SSSR count). The van der Waals surface area contributed by atoms with E-state index in [2.05, 4.69) is 20.2 Å². The fourth-order valence-corrected chi connectivity index (χ4v) is 2.25. The lowest BCUT2D eigenvalue weighted by Gasteiger charge is -2.29. The van der Waals surface area contributed by atoms with Crippen LogP contribution in [0.15, 0.2) is 47.6 Å². The Morgan fingerprint density at radius 3 is 2.79 bits per heavy atom. The van der Waals surface area contributed by atoms with Gasteiger partial charge in [0.2, 0.25) is 0 Å². The van der Waals surface area contributed by atoms with Crippen LogP contribution in [0.3, 0.4) is 0 Å². The minimum atomic E-state index is 0.503. The zero-order chi connectivity index (χ0) is 13.2. The minimum absolute atomic E-state index is 0.503. The Bertz CT molecular complexity index is 635. The number of amidine groups is 1. The number of hydrogen-bond donors (Lipinski definition) is 2. The average molecular weight is 253 g/mol. The Morgan fingerprint density at radius 1 is 1.16 bits per heavy atom. The van der Waals surface area contributed by atoms with Crippen molar-refractivity contribution in [2.75, 3.05) is 23.9 Å². The fraction of sp³-hybridized carbons (Fsp3) is 0.143. The average Bonchev–Trinajstić information content (AvgIpc) is 2.48. The summed E-state index contributed by atoms with van der Waals surface area (Å²) in [6.07, 6.45) is 1.77. The van der Waals surface area contributed by atoms with Gasteiger partial charge in [-0.3, -0.25) is 0 Å². The summed E-state index contributed by atoms with van der Waals surface area (Å²) >= 11 is 0. The Balaban J connectivity index is 2.13. The van der Waals surface area contributed by atoms with Crippen molar-refractivity contribution >= 4 is 23.0 Å². The number of aromatic nitrogens is 1. The van der Waals surface area contributed by atoms with E-state index >= 15 is 0 Å². The van der Waals surface area contributed by atoms with Gasteiger partial charge in [0, 0.05) is 18.8 Å². The third-order valence-electron chi connectivity index (χ3n) is 3.17. The molecule has 0 spiro atoms. The largest absolute Gasteiger partial charge is 0.383 e. The second kappa shape index (κ2) is 4.61. The molecule has 96 valence electrons. The van der Waals surface area contributed by atoms with Gasteiger partial charge in [-0.25, -0.2) is 9.98 Å². The van der Waals surface area contributed by atoms with Crippen molar-refractivity contribution in [1.82, 2.24) is 4.98 Å². The molecule has 0 unspecified atom stereocenters. The highest BCUT2D eigenvalue weighted by Crippen LogP contribution is 2.34. The Hall–Kier alpha value is -2.56. The number of pyridine rings is 1. The van der Waals surface area contributed by atoms with Crippen molar-refractivity contribution in [3.8, 4) is 0 Å². The van der Waals surface area contributed by atoms with Crippen LogP contribution in [0, 0.1) is 0 Å². The number of para-hydroxylation sites is 1. The zero-order valence-corrected chi connectivity index (χ0v) is 10.7. The van der Waals surface area contributed by atoms with Crippen LogP contribution in [-0.2, 0) is 0 Å². The van der Waals surface area contributed by atoms with Crippen molar-refractivity contribution < 1.29 is 0 Å². The first-order valence-electron chi connectivity index (χ1n) is 6.11. The molecule has 2 heterocycles. The number of hydrogen-bond acceptors (Lipinski definition) is 5. The molecule has 1 aromatic heterocycles. The standard InChI is InChI=1S/C14H15N5/c1-16-14-12(7-4-8-17-14)19-9-18-13(15)10-5-2-3-6-11(10)19/h2-8H,9H2,1H3,(H2,15,18)(H,16,17). The molecule has 0 amide bonds.